The number of benzene rings is 2. The summed E-state index contributed by atoms with van der Waals surface area (Å²) in [6, 6.07) is 10.3. The second kappa shape index (κ2) is 14.4. The molecule has 3 N–H and O–H groups in total. The monoisotopic (exact) mass is 624 g/mol. The number of halogens is 1. The van der Waals surface area contributed by atoms with Gasteiger partial charge in [0.15, 0.2) is 18.1 Å². The van der Waals surface area contributed by atoms with E-state index in [1.54, 1.807) is 43.5 Å². The second-order valence-corrected chi connectivity index (χ2v) is 9.03. The fraction of sp³-hybridized carbons (Fsp3) is 0.360. The van der Waals surface area contributed by atoms with Crippen LogP contribution in [0.3, 0.4) is 0 Å². The fourth-order valence-electron chi connectivity index (χ4n) is 3.38. The molecule has 0 bridgehead atoms. The number of rotatable bonds is 11. The standard InChI is InChI=1S/C25H29IN4O7/c1-3-35-21-12-16(13-28-30-25(33)24(32)27-14-19-5-4-10-36-19)11-20(26)23(21)37-15-22(31)29-17-6-8-18(34-2)9-7-17/h6-9,11-13,19H,3-5,10,14-15H2,1-2H3,(H,27,32)(H,29,31)(H,30,33)/b28-13-/t19-/m1/s1. The second-order valence-electron chi connectivity index (χ2n) is 7.87. The number of hydrazone groups is 1. The summed E-state index contributed by atoms with van der Waals surface area (Å²) in [7, 11) is 1.57. The maximum atomic E-state index is 12.4. The van der Waals surface area contributed by atoms with Crippen molar-refractivity contribution < 1.29 is 33.3 Å². The van der Waals surface area contributed by atoms with Crippen LogP contribution in [-0.2, 0) is 19.1 Å². The molecule has 1 saturated heterocycles. The lowest BCUT2D eigenvalue weighted by Crippen LogP contribution is -2.41. The van der Waals surface area contributed by atoms with Gasteiger partial charge in [-0.05, 0) is 84.3 Å². The van der Waals surface area contributed by atoms with Crippen molar-refractivity contribution >= 4 is 52.2 Å². The van der Waals surface area contributed by atoms with Crippen molar-refractivity contribution in [1.82, 2.24) is 10.7 Å². The van der Waals surface area contributed by atoms with Crippen LogP contribution in [0.25, 0.3) is 0 Å². The lowest BCUT2D eigenvalue weighted by Gasteiger charge is -2.14. The Morgan fingerprint density at radius 3 is 2.62 bits per heavy atom. The molecule has 198 valence electrons. The highest BCUT2D eigenvalue weighted by molar-refractivity contribution is 14.1. The molecule has 0 aliphatic carbocycles. The summed E-state index contributed by atoms with van der Waals surface area (Å²) in [5.41, 5.74) is 3.42. The van der Waals surface area contributed by atoms with Gasteiger partial charge in [0.2, 0.25) is 0 Å². The van der Waals surface area contributed by atoms with E-state index in [1.807, 2.05) is 6.92 Å². The average molecular weight is 624 g/mol. The highest BCUT2D eigenvalue weighted by Crippen LogP contribution is 2.34. The summed E-state index contributed by atoms with van der Waals surface area (Å²) in [4.78, 5) is 36.3. The van der Waals surface area contributed by atoms with Gasteiger partial charge in [-0.2, -0.15) is 5.10 Å². The zero-order valence-electron chi connectivity index (χ0n) is 20.5. The van der Waals surface area contributed by atoms with Crippen molar-refractivity contribution in [2.45, 2.75) is 25.9 Å². The van der Waals surface area contributed by atoms with Crippen LogP contribution in [0, 0.1) is 3.57 Å². The van der Waals surface area contributed by atoms with Gasteiger partial charge >= 0.3 is 11.8 Å². The van der Waals surface area contributed by atoms with Gasteiger partial charge in [0, 0.05) is 18.8 Å². The van der Waals surface area contributed by atoms with E-state index < -0.39 is 11.8 Å². The molecule has 0 spiro atoms. The Hall–Kier alpha value is -3.39. The third-order valence-corrected chi connectivity index (χ3v) is 5.95. The summed E-state index contributed by atoms with van der Waals surface area (Å²) < 4.78 is 22.6. The molecule has 12 heteroatoms. The van der Waals surface area contributed by atoms with Crippen LogP contribution < -0.4 is 30.3 Å². The Morgan fingerprint density at radius 1 is 1.16 bits per heavy atom. The zero-order valence-corrected chi connectivity index (χ0v) is 22.7. The third-order valence-electron chi connectivity index (χ3n) is 5.15. The number of carbonyl (C=O) groups excluding carboxylic acids is 3. The minimum atomic E-state index is -0.878. The maximum absolute atomic E-state index is 12.4. The molecule has 1 atom stereocenters. The van der Waals surface area contributed by atoms with E-state index >= 15 is 0 Å². The van der Waals surface area contributed by atoms with E-state index in [0.717, 1.165) is 12.8 Å². The number of nitrogens with zero attached hydrogens (tertiary/aromatic N) is 1. The molecular weight excluding hydrogens is 595 g/mol. The van der Waals surface area contributed by atoms with Gasteiger partial charge in [0.25, 0.3) is 5.91 Å². The molecule has 0 unspecified atom stereocenters. The van der Waals surface area contributed by atoms with Gasteiger partial charge in [-0.3, -0.25) is 14.4 Å². The van der Waals surface area contributed by atoms with Gasteiger partial charge in [-0.1, -0.05) is 0 Å². The normalized spacial score (nSPS) is 14.7. The largest absolute Gasteiger partial charge is 0.497 e. The summed E-state index contributed by atoms with van der Waals surface area (Å²) >= 11 is 2.06. The van der Waals surface area contributed by atoms with Crippen LogP contribution in [0.4, 0.5) is 5.69 Å². The summed E-state index contributed by atoms with van der Waals surface area (Å²) in [6.45, 7) is 2.91. The van der Waals surface area contributed by atoms with Crippen molar-refractivity contribution in [3.8, 4) is 17.2 Å². The Kier molecular flexibility index (Phi) is 11.0. The minimum absolute atomic E-state index is 0.0615. The summed E-state index contributed by atoms with van der Waals surface area (Å²) in [5.74, 6) is -0.498. The van der Waals surface area contributed by atoms with Crippen molar-refractivity contribution in [3.63, 3.8) is 0 Å². The Morgan fingerprint density at radius 2 is 1.95 bits per heavy atom. The summed E-state index contributed by atoms with van der Waals surface area (Å²) in [5, 5.41) is 9.15. The first-order valence-electron chi connectivity index (χ1n) is 11.7. The molecule has 37 heavy (non-hydrogen) atoms. The smallest absolute Gasteiger partial charge is 0.329 e. The predicted octanol–water partition coefficient (Wildman–Crippen LogP) is 2.46. The number of hydrogen-bond acceptors (Lipinski definition) is 8. The van der Waals surface area contributed by atoms with Gasteiger partial charge in [-0.15, -0.1) is 0 Å². The van der Waals surface area contributed by atoms with Crippen molar-refractivity contribution in [1.29, 1.82) is 0 Å². The SMILES string of the molecule is CCOc1cc(/C=N\NC(=O)C(=O)NC[C@H]2CCCO2)cc(I)c1OCC(=O)Nc1ccc(OC)cc1. The molecular formula is C25H29IN4O7. The molecule has 1 fully saturated rings. The number of nitrogens with one attached hydrogen (secondary N) is 3. The minimum Gasteiger partial charge on any atom is -0.497 e. The first-order valence-corrected chi connectivity index (χ1v) is 12.7. The average Bonchev–Trinajstić information content (AvgIpc) is 3.41. The molecule has 1 aliphatic rings. The molecule has 0 aromatic heterocycles. The van der Waals surface area contributed by atoms with E-state index in [-0.39, 0.29) is 25.2 Å². The molecule has 3 rings (SSSR count). The van der Waals surface area contributed by atoms with Gasteiger partial charge < -0.3 is 29.6 Å². The van der Waals surface area contributed by atoms with E-state index in [1.165, 1.54) is 6.21 Å². The molecule has 2 aromatic rings. The van der Waals surface area contributed by atoms with Crippen LogP contribution in [0.1, 0.15) is 25.3 Å². The van der Waals surface area contributed by atoms with Crippen LogP contribution in [-0.4, -0.2) is 63.5 Å². The number of carbonyl (C=O) groups is 3. The van der Waals surface area contributed by atoms with Crippen LogP contribution in [0.15, 0.2) is 41.5 Å². The highest BCUT2D eigenvalue weighted by atomic mass is 127. The van der Waals surface area contributed by atoms with E-state index in [9.17, 15) is 14.4 Å². The Balaban J connectivity index is 1.55. The van der Waals surface area contributed by atoms with Gasteiger partial charge in [0.05, 0.1) is 29.6 Å². The van der Waals surface area contributed by atoms with Gasteiger partial charge in [0.1, 0.15) is 5.75 Å². The van der Waals surface area contributed by atoms with Crippen LogP contribution in [0.5, 0.6) is 17.2 Å². The quantitative estimate of drug-likeness (QED) is 0.151. The van der Waals surface area contributed by atoms with Crippen molar-refractivity contribution in [3.05, 3.63) is 45.5 Å². The van der Waals surface area contributed by atoms with E-state index in [2.05, 4.69) is 43.8 Å². The topological polar surface area (TPSA) is 137 Å². The molecule has 1 heterocycles. The Labute approximate surface area is 228 Å². The molecule has 3 amide bonds. The van der Waals surface area contributed by atoms with Crippen LogP contribution in [0.2, 0.25) is 0 Å². The number of ether oxygens (including phenoxy) is 4. The summed E-state index contributed by atoms with van der Waals surface area (Å²) in [6.07, 6.45) is 3.12. The third kappa shape index (κ3) is 8.89. The maximum Gasteiger partial charge on any atom is 0.329 e. The van der Waals surface area contributed by atoms with E-state index in [4.69, 9.17) is 18.9 Å². The van der Waals surface area contributed by atoms with Gasteiger partial charge in [-0.25, -0.2) is 5.43 Å². The first-order chi connectivity index (χ1) is 17.9. The number of hydrogen-bond donors (Lipinski definition) is 3. The molecule has 2 aromatic carbocycles. The van der Waals surface area contributed by atoms with Crippen molar-refractivity contribution in [2.75, 3.05) is 38.8 Å². The lowest BCUT2D eigenvalue weighted by molar-refractivity contribution is -0.139. The molecule has 1 aliphatic heterocycles. The van der Waals surface area contributed by atoms with E-state index in [0.29, 0.717) is 45.3 Å². The predicted molar refractivity (Wildman–Crippen MR) is 145 cm³/mol. The molecule has 11 nitrogen and oxygen atoms in total. The van der Waals surface area contributed by atoms with Crippen molar-refractivity contribution in [2.24, 2.45) is 5.10 Å². The molecule has 0 radical (unpaired) electrons. The first kappa shape index (κ1) is 28.2. The zero-order chi connectivity index (χ0) is 26.6. The number of methoxy groups -OCH3 is 1. The fourth-order valence-corrected chi connectivity index (χ4v) is 4.16. The molecule has 0 saturated carbocycles. The number of anilines is 1. The lowest BCUT2D eigenvalue weighted by atomic mass is 10.2. The Bertz CT molecular complexity index is 1120. The van der Waals surface area contributed by atoms with Crippen LogP contribution >= 0.6 is 22.6 Å². The number of amides is 3. The highest BCUT2D eigenvalue weighted by Gasteiger charge is 2.19.